The monoisotopic (exact) mass is 408 g/mol. The van der Waals surface area contributed by atoms with Crippen LogP contribution in [0.3, 0.4) is 0 Å². The van der Waals surface area contributed by atoms with Crippen LogP contribution < -0.4 is 10.9 Å². The van der Waals surface area contributed by atoms with Gasteiger partial charge >= 0.3 is 0 Å². The van der Waals surface area contributed by atoms with E-state index < -0.39 is 5.82 Å². The molecule has 2 aromatic carbocycles. The van der Waals surface area contributed by atoms with Gasteiger partial charge in [-0.2, -0.15) is 5.10 Å². The standard InChI is InChI=1S/C23H25FN4O2/c1-3-14(2)25-16-12-28(13-16)23(30)19-10-15(8-9-20(19)24)11-21-17-6-4-5-7-18(17)22(29)27-26-21/h4-10,14,16,25H,3,11-13H2,1-2H3,(H,27,29). The van der Waals surface area contributed by atoms with E-state index in [1.54, 1.807) is 29.2 Å². The SMILES string of the molecule is CCC(C)NC1CN(C(=O)c2cc(Cc3n[nH]c(=O)c4ccccc34)ccc2F)C1. The van der Waals surface area contributed by atoms with Crippen molar-refractivity contribution in [2.75, 3.05) is 13.1 Å². The molecule has 4 rings (SSSR count). The Kier molecular flexibility index (Phi) is 5.63. The minimum Gasteiger partial charge on any atom is -0.335 e. The topological polar surface area (TPSA) is 78.1 Å². The average Bonchev–Trinajstić information content (AvgIpc) is 2.73. The number of carbonyl (C=O) groups excluding carboxylic acids is 1. The minimum atomic E-state index is -0.527. The fourth-order valence-electron chi connectivity index (χ4n) is 3.79. The second-order valence-electron chi connectivity index (χ2n) is 7.92. The predicted molar refractivity (Wildman–Crippen MR) is 114 cm³/mol. The van der Waals surface area contributed by atoms with Crippen LogP contribution in [0, 0.1) is 5.82 Å². The van der Waals surface area contributed by atoms with Gasteiger partial charge in [-0.15, -0.1) is 0 Å². The third kappa shape index (κ3) is 3.98. The van der Waals surface area contributed by atoms with Gasteiger partial charge in [-0.05, 0) is 37.1 Å². The van der Waals surface area contributed by atoms with Crippen LogP contribution >= 0.6 is 0 Å². The Labute approximate surface area is 174 Å². The van der Waals surface area contributed by atoms with Gasteiger partial charge in [0.15, 0.2) is 0 Å². The summed E-state index contributed by atoms with van der Waals surface area (Å²) in [5, 5.41) is 11.4. The van der Waals surface area contributed by atoms with Crippen LogP contribution in [-0.2, 0) is 6.42 Å². The third-order valence-electron chi connectivity index (χ3n) is 5.71. The van der Waals surface area contributed by atoms with Crippen molar-refractivity contribution in [3.05, 3.63) is 75.5 Å². The first-order valence-electron chi connectivity index (χ1n) is 10.3. The van der Waals surface area contributed by atoms with Crippen LogP contribution in [0.5, 0.6) is 0 Å². The van der Waals surface area contributed by atoms with E-state index >= 15 is 0 Å². The molecule has 30 heavy (non-hydrogen) atoms. The van der Waals surface area contributed by atoms with Crippen LogP contribution in [0.2, 0.25) is 0 Å². The first-order chi connectivity index (χ1) is 14.5. The number of nitrogens with zero attached hydrogens (tertiary/aromatic N) is 2. The van der Waals surface area contributed by atoms with Crippen LogP contribution in [0.25, 0.3) is 10.8 Å². The lowest BCUT2D eigenvalue weighted by atomic mass is 10.0. The zero-order chi connectivity index (χ0) is 21.3. The number of amides is 1. The molecular weight excluding hydrogens is 383 g/mol. The molecule has 1 aromatic heterocycles. The summed E-state index contributed by atoms with van der Waals surface area (Å²) >= 11 is 0. The van der Waals surface area contributed by atoms with E-state index in [9.17, 15) is 14.0 Å². The van der Waals surface area contributed by atoms with Crippen LogP contribution in [0.1, 0.15) is 41.9 Å². The Morgan fingerprint density at radius 2 is 2.00 bits per heavy atom. The third-order valence-corrected chi connectivity index (χ3v) is 5.71. The first kappa shape index (κ1) is 20.2. The molecule has 1 amide bonds. The van der Waals surface area contributed by atoms with E-state index in [0.29, 0.717) is 36.6 Å². The van der Waals surface area contributed by atoms with Gasteiger partial charge in [0, 0.05) is 37.0 Å². The van der Waals surface area contributed by atoms with Crippen molar-refractivity contribution < 1.29 is 9.18 Å². The summed E-state index contributed by atoms with van der Waals surface area (Å²) in [5.74, 6) is -0.822. The van der Waals surface area contributed by atoms with E-state index in [-0.39, 0.29) is 23.1 Å². The normalized spacial score (nSPS) is 15.2. The molecule has 0 aliphatic carbocycles. The molecule has 0 bridgehead atoms. The summed E-state index contributed by atoms with van der Waals surface area (Å²) in [5.41, 5.74) is 1.27. The lowest BCUT2D eigenvalue weighted by molar-refractivity contribution is 0.0549. The Hall–Kier alpha value is -3.06. The number of H-pyrrole nitrogens is 1. The average molecular weight is 408 g/mol. The van der Waals surface area contributed by atoms with Crippen molar-refractivity contribution in [1.82, 2.24) is 20.4 Å². The van der Waals surface area contributed by atoms with Gasteiger partial charge in [0.1, 0.15) is 5.82 Å². The first-order valence-corrected chi connectivity index (χ1v) is 10.3. The maximum atomic E-state index is 14.4. The molecule has 1 aliphatic rings. The molecule has 6 nitrogen and oxygen atoms in total. The van der Waals surface area contributed by atoms with Crippen molar-refractivity contribution in [1.29, 1.82) is 0 Å². The number of aromatic nitrogens is 2. The molecule has 3 aromatic rings. The van der Waals surface area contributed by atoms with Crippen LogP contribution in [0.4, 0.5) is 4.39 Å². The maximum absolute atomic E-state index is 14.4. The number of rotatable bonds is 6. The Bertz CT molecular complexity index is 1140. The van der Waals surface area contributed by atoms with Gasteiger partial charge in [0.05, 0.1) is 16.6 Å². The second kappa shape index (κ2) is 8.36. The molecule has 1 aliphatic heterocycles. The second-order valence-corrected chi connectivity index (χ2v) is 7.92. The Morgan fingerprint density at radius 3 is 2.73 bits per heavy atom. The summed E-state index contributed by atoms with van der Waals surface area (Å²) in [7, 11) is 0. The summed E-state index contributed by atoms with van der Waals surface area (Å²) in [6.45, 7) is 5.39. The highest BCUT2D eigenvalue weighted by atomic mass is 19.1. The van der Waals surface area contributed by atoms with Gasteiger partial charge < -0.3 is 10.2 Å². The molecule has 2 N–H and O–H groups in total. The molecule has 1 saturated heterocycles. The minimum absolute atomic E-state index is 0.0724. The van der Waals surface area contributed by atoms with Gasteiger partial charge in [0.2, 0.25) is 0 Å². The summed E-state index contributed by atoms with van der Waals surface area (Å²) in [4.78, 5) is 26.4. The van der Waals surface area contributed by atoms with E-state index in [2.05, 4.69) is 29.4 Å². The van der Waals surface area contributed by atoms with Gasteiger partial charge in [-0.1, -0.05) is 31.2 Å². The molecule has 1 fully saturated rings. The number of benzene rings is 2. The molecular formula is C23H25FN4O2. The lowest BCUT2D eigenvalue weighted by Gasteiger charge is -2.41. The Balaban J connectivity index is 1.53. The molecule has 2 heterocycles. The number of hydrogen-bond acceptors (Lipinski definition) is 4. The number of fused-ring (bicyclic) bond motifs is 1. The highest BCUT2D eigenvalue weighted by Gasteiger charge is 2.32. The van der Waals surface area contributed by atoms with Crippen molar-refractivity contribution in [3.8, 4) is 0 Å². The molecule has 1 atom stereocenters. The molecule has 1 unspecified atom stereocenters. The van der Waals surface area contributed by atoms with E-state index in [4.69, 9.17) is 0 Å². The molecule has 0 radical (unpaired) electrons. The van der Waals surface area contributed by atoms with Crippen molar-refractivity contribution >= 4 is 16.7 Å². The number of halogens is 1. The van der Waals surface area contributed by atoms with E-state index in [0.717, 1.165) is 17.4 Å². The number of carbonyl (C=O) groups is 1. The Morgan fingerprint density at radius 1 is 1.27 bits per heavy atom. The van der Waals surface area contributed by atoms with E-state index in [1.807, 2.05) is 12.1 Å². The molecule has 0 saturated carbocycles. The zero-order valence-corrected chi connectivity index (χ0v) is 17.1. The highest BCUT2D eigenvalue weighted by Crippen LogP contribution is 2.21. The summed E-state index contributed by atoms with van der Waals surface area (Å²) in [6, 6.07) is 12.4. The van der Waals surface area contributed by atoms with Gasteiger partial charge in [0.25, 0.3) is 11.5 Å². The molecule has 0 spiro atoms. The quantitative estimate of drug-likeness (QED) is 0.658. The zero-order valence-electron chi connectivity index (χ0n) is 17.1. The molecule has 156 valence electrons. The summed E-state index contributed by atoms with van der Waals surface area (Å²) < 4.78 is 14.4. The fourth-order valence-corrected chi connectivity index (χ4v) is 3.79. The summed E-state index contributed by atoms with van der Waals surface area (Å²) in [6.07, 6.45) is 1.41. The van der Waals surface area contributed by atoms with Crippen molar-refractivity contribution in [2.45, 2.75) is 38.8 Å². The van der Waals surface area contributed by atoms with Crippen molar-refractivity contribution in [3.63, 3.8) is 0 Å². The number of hydrogen-bond donors (Lipinski definition) is 2. The van der Waals surface area contributed by atoms with Crippen LogP contribution in [-0.4, -0.2) is 46.2 Å². The predicted octanol–water partition coefficient (Wildman–Crippen LogP) is 2.87. The molecule has 7 heteroatoms. The maximum Gasteiger partial charge on any atom is 0.272 e. The van der Waals surface area contributed by atoms with Crippen LogP contribution in [0.15, 0.2) is 47.3 Å². The number of nitrogens with one attached hydrogen (secondary N) is 2. The lowest BCUT2D eigenvalue weighted by Crippen LogP contribution is -2.61. The highest BCUT2D eigenvalue weighted by molar-refractivity contribution is 5.95. The smallest absolute Gasteiger partial charge is 0.272 e. The van der Waals surface area contributed by atoms with Gasteiger partial charge in [-0.3, -0.25) is 9.59 Å². The number of aromatic amines is 1. The fraction of sp³-hybridized carbons (Fsp3) is 0.348. The van der Waals surface area contributed by atoms with E-state index in [1.165, 1.54) is 6.07 Å². The number of likely N-dealkylation sites (tertiary alicyclic amines) is 1. The van der Waals surface area contributed by atoms with Crippen molar-refractivity contribution in [2.24, 2.45) is 0 Å². The largest absolute Gasteiger partial charge is 0.335 e. The van der Waals surface area contributed by atoms with Gasteiger partial charge in [-0.25, -0.2) is 9.49 Å².